The number of likely N-dealkylation sites (tertiary alicyclic amines) is 1. The van der Waals surface area contributed by atoms with Crippen LogP contribution in [0.25, 0.3) is 0 Å². The molecule has 1 aromatic carbocycles. The van der Waals surface area contributed by atoms with E-state index >= 15 is 0 Å². The van der Waals surface area contributed by atoms with Gasteiger partial charge in [0, 0.05) is 19.3 Å². The number of amides is 1. The minimum Gasteiger partial charge on any atom is -0.324 e. The molecule has 0 saturated carbocycles. The maximum atomic E-state index is 12.5. The van der Waals surface area contributed by atoms with Crippen molar-refractivity contribution in [2.24, 2.45) is 0 Å². The van der Waals surface area contributed by atoms with E-state index in [9.17, 15) is 4.79 Å². The van der Waals surface area contributed by atoms with Crippen LogP contribution in [-0.4, -0.2) is 36.4 Å². The van der Waals surface area contributed by atoms with Crippen LogP contribution in [0.4, 0.5) is 5.69 Å². The zero-order valence-electron chi connectivity index (χ0n) is 13.6. The predicted octanol–water partition coefficient (Wildman–Crippen LogP) is 0.937. The quantitative estimate of drug-likeness (QED) is 0.758. The molecule has 3 aliphatic rings. The third-order valence-corrected chi connectivity index (χ3v) is 4.83. The number of nitrogens with zero attached hydrogens (tertiary/aromatic N) is 2. The third kappa shape index (κ3) is 2.63. The number of carbonyl (C=O) groups excluding carboxylic acids is 1. The van der Waals surface area contributed by atoms with Gasteiger partial charge in [0.15, 0.2) is 0 Å². The number of anilines is 1. The molecule has 0 aliphatic carbocycles. The molecule has 1 amide bonds. The first-order chi connectivity index (χ1) is 11.1. The fourth-order valence-electron chi connectivity index (χ4n) is 3.50. The van der Waals surface area contributed by atoms with Gasteiger partial charge in [-0.3, -0.25) is 20.0 Å². The first-order valence-corrected chi connectivity index (χ1v) is 8.27. The van der Waals surface area contributed by atoms with Gasteiger partial charge < -0.3 is 5.32 Å². The highest BCUT2D eigenvalue weighted by Gasteiger charge is 2.38. The van der Waals surface area contributed by atoms with Gasteiger partial charge in [-0.15, -0.1) is 0 Å². The lowest BCUT2D eigenvalue weighted by atomic mass is 10.1. The summed E-state index contributed by atoms with van der Waals surface area (Å²) < 4.78 is 0. The summed E-state index contributed by atoms with van der Waals surface area (Å²) in [5.41, 5.74) is 7.60. The van der Waals surface area contributed by atoms with Gasteiger partial charge in [-0.05, 0) is 43.9 Å². The summed E-state index contributed by atoms with van der Waals surface area (Å²) in [4.78, 5) is 14.7. The molecule has 2 fully saturated rings. The molecule has 23 heavy (non-hydrogen) atoms. The van der Waals surface area contributed by atoms with Crippen molar-refractivity contribution in [3.63, 3.8) is 0 Å². The highest BCUT2D eigenvalue weighted by molar-refractivity contribution is 5.96. The van der Waals surface area contributed by atoms with Gasteiger partial charge in [-0.2, -0.15) is 0 Å². The summed E-state index contributed by atoms with van der Waals surface area (Å²) in [5, 5.41) is 8.52. The SMILES string of the molecule is Cc1ccc(C)c(N2C=C3C(=O)NC(N4CCCC4)NC3N2)c1. The summed E-state index contributed by atoms with van der Waals surface area (Å²) in [5.74, 6) is 0.00551. The second kappa shape index (κ2) is 5.63. The van der Waals surface area contributed by atoms with Crippen molar-refractivity contribution in [3.8, 4) is 0 Å². The Bertz CT molecular complexity index is 665. The van der Waals surface area contributed by atoms with Crippen LogP contribution in [0.2, 0.25) is 0 Å². The number of nitrogens with one attached hydrogen (secondary N) is 3. The Morgan fingerprint density at radius 2 is 1.96 bits per heavy atom. The molecule has 4 rings (SSSR count). The Hall–Kier alpha value is -1.89. The van der Waals surface area contributed by atoms with Crippen LogP contribution < -0.4 is 21.1 Å². The van der Waals surface area contributed by atoms with E-state index in [0.29, 0.717) is 0 Å². The number of hydrazine groups is 1. The number of carbonyl (C=O) groups is 1. The van der Waals surface area contributed by atoms with Crippen LogP contribution in [0.3, 0.4) is 0 Å². The smallest absolute Gasteiger partial charge is 0.254 e. The molecule has 3 heterocycles. The van der Waals surface area contributed by atoms with Crippen molar-refractivity contribution in [2.75, 3.05) is 18.1 Å². The highest BCUT2D eigenvalue weighted by atomic mass is 16.2. The highest BCUT2D eigenvalue weighted by Crippen LogP contribution is 2.26. The molecule has 6 heteroatoms. The predicted molar refractivity (Wildman–Crippen MR) is 89.3 cm³/mol. The lowest BCUT2D eigenvalue weighted by Gasteiger charge is -2.36. The normalized spacial score (nSPS) is 27.8. The molecule has 3 aliphatic heterocycles. The van der Waals surface area contributed by atoms with Crippen molar-refractivity contribution in [1.82, 2.24) is 21.0 Å². The first-order valence-electron chi connectivity index (χ1n) is 8.27. The Balaban J connectivity index is 1.56. The van der Waals surface area contributed by atoms with Gasteiger partial charge in [-0.25, -0.2) is 5.43 Å². The maximum Gasteiger partial charge on any atom is 0.254 e. The van der Waals surface area contributed by atoms with Gasteiger partial charge in [-0.1, -0.05) is 12.1 Å². The third-order valence-electron chi connectivity index (χ3n) is 4.83. The van der Waals surface area contributed by atoms with Crippen LogP contribution in [0.5, 0.6) is 0 Å². The summed E-state index contributed by atoms with van der Waals surface area (Å²) in [6.45, 7) is 6.22. The average molecular weight is 313 g/mol. The Morgan fingerprint density at radius 1 is 1.17 bits per heavy atom. The van der Waals surface area contributed by atoms with Crippen molar-refractivity contribution in [3.05, 3.63) is 41.1 Å². The van der Waals surface area contributed by atoms with Gasteiger partial charge in [0.25, 0.3) is 5.91 Å². The molecular formula is C17H23N5O. The fourth-order valence-corrected chi connectivity index (χ4v) is 3.50. The molecule has 0 spiro atoms. The molecule has 6 nitrogen and oxygen atoms in total. The fraction of sp³-hybridized carbons (Fsp3) is 0.471. The minimum absolute atomic E-state index is 0.00551. The Morgan fingerprint density at radius 3 is 2.74 bits per heavy atom. The monoisotopic (exact) mass is 313 g/mol. The molecule has 1 aromatic rings. The molecule has 0 radical (unpaired) electrons. The summed E-state index contributed by atoms with van der Waals surface area (Å²) in [6, 6.07) is 6.34. The zero-order valence-corrected chi connectivity index (χ0v) is 13.6. The van der Waals surface area contributed by atoms with E-state index in [2.05, 4.69) is 53.0 Å². The summed E-state index contributed by atoms with van der Waals surface area (Å²) in [7, 11) is 0. The van der Waals surface area contributed by atoms with Crippen LogP contribution in [0.15, 0.2) is 30.0 Å². The van der Waals surface area contributed by atoms with E-state index in [0.717, 1.165) is 24.4 Å². The first kappa shape index (κ1) is 14.7. The minimum atomic E-state index is -0.144. The Labute approximate surface area is 136 Å². The van der Waals surface area contributed by atoms with Crippen LogP contribution in [0, 0.1) is 13.8 Å². The van der Waals surface area contributed by atoms with Crippen molar-refractivity contribution in [1.29, 1.82) is 0 Å². The number of benzene rings is 1. The number of fused-ring (bicyclic) bond motifs is 1. The zero-order chi connectivity index (χ0) is 16.0. The summed E-state index contributed by atoms with van der Waals surface area (Å²) in [6.07, 6.45) is 4.06. The van der Waals surface area contributed by atoms with E-state index < -0.39 is 0 Å². The Kier molecular flexibility index (Phi) is 3.60. The number of aryl methyl sites for hydroxylation is 2. The van der Waals surface area contributed by atoms with Crippen LogP contribution in [-0.2, 0) is 4.79 Å². The van der Waals surface area contributed by atoms with E-state index in [1.54, 1.807) is 0 Å². The van der Waals surface area contributed by atoms with E-state index in [-0.39, 0.29) is 18.4 Å². The van der Waals surface area contributed by atoms with Gasteiger partial charge in [0.05, 0.1) is 11.3 Å². The van der Waals surface area contributed by atoms with E-state index in [1.165, 1.54) is 24.0 Å². The van der Waals surface area contributed by atoms with E-state index in [1.807, 2.05) is 11.2 Å². The standard InChI is InChI=1S/C17H23N5O/c1-11-5-6-12(2)14(9-11)22-10-13-15(20-22)18-17(19-16(13)23)21-7-3-4-8-21/h5-6,9-10,15,17-18,20H,3-4,7-8H2,1-2H3,(H,19,23). The largest absolute Gasteiger partial charge is 0.324 e. The topological polar surface area (TPSA) is 59.6 Å². The van der Waals surface area contributed by atoms with E-state index in [4.69, 9.17) is 0 Å². The lowest BCUT2D eigenvalue weighted by Crippen LogP contribution is -2.66. The van der Waals surface area contributed by atoms with Gasteiger partial charge in [0.2, 0.25) is 0 Å². The van der Waals surface area contributed by atoms with Gasteiger partial charge in [0.1, 0.15) is 12.5 Å². The molecule has 2 atom stereocenters. The number of rotatable bonds is 2. The van der Waals surface area contributed by atoms with Crippen molar-refractivity contribution >= 4 is 11.6 Å². The maximum absolute atomic E-state index is 12.5. The van der Waals surface area contributed by atoms with Crippen LogP contribution >= 0.6 is 0 Å². The van der Waals surface area contributed by atoms with Crippen molar-refractivity contribution in [2.45, 2.75) is 39.1 Å². The molecule has 2 unspecified atom stereocenters. The lowest BCUT2D eigenvalue weighted by molar-refractivity contribution is -0.121. The molecule has 122 valence electrons. The second-order valence-corrected chi connectivity index (χ2v) is 6.59. The second-order valence-electron chi connectivity index (χ2n) is 6.59. The number of hydrogen-bond donors (Lipinski definition) is 3. The average Bonchev–Trinajstić information content (AvgIpc) is 3.18. The summed E-state index contributed by atoms with van der Waals surface area (Å²) >= 11 is 0. The molecular weight excluding hydrogens is 290 g/mol. The number of hydrogen-bond acceptors (Lipinski definition) is 5. The molecule has 3 N–H and O–H groups in total. The van der Waals surface area contributed by atoms with Gasteiger partial charge >= 0.3 is 0 Å². The van der Waals surface area contributed by atoms with Crippen molar-refractivity contribution < 1.29 is 4.79 Å². The molecule has 0 bridgehead atoms. The molecule has 0 aromatic heterocycles. The molecule has 2 saturated heterocycles. The van der Waals surface area contributed by atoms with Crippen LogP contribution in [0.1, 0.15) is 24.0 Å².